The van der Waals surface area contributed by atoms with Crippen molar-refractivity contribution in [2.45, 2.75) is 26.7 Å². The molecule has 0 N–H and O–H groups in total. The molecule has 3 aromatic rings. The van der Waals surface area contributed by atoms with Crippen molar-refractivity contribution in [1.29, 1.82) is 0 Å². The molecule has 0 amide bonds. The van der Waals surface area contributed by atoms with Crippen molar-refractivity contribution in [2.24, 2.45) is 0 Å². The van der Waals surface area contributed by atoms with Gasteiger partial charge in [0.2, 0.25) is 5.78 Å². The minimum atomic E-state index is -0.426. The molecule has 3 rings (SSSR count). The van der Waals surface area contributed by atoms with Crippen molar-refractivity contribution in [3.8, 4) is 11.1 Å². The van der Waals surface area contributed by atoms with Crippen molar-refractivity contribution in [3.05, 3.63) is 46.6 Å². The van der Waals surface area contributed by atoms with Crippen LogP contribution in [0.4, 0.5) is 10.2 Å². The summed E-state index contributed by atoms with van der Waals surface area (Å²) >= 11 is 12.8. The first-order valence-corrected chi connectivity index (χ1v) is 9.05. The van der Waals surface area contributed by atoms with E-state index in [4.69, 9.17) is 23.2 Å². The molecular weight excluding hydrogens is 362 g/mol. The molecule has 0 aliphatic heterocycles. The van der Waals surface area contributed by atoms with Crippen LogP contribution in [0, 0.1) is 5.82 Å². The second-order valence-corrected chi connectivity index (χ2v) is 6.55. The predicted octanol–water partition coefficient (Wildman–Crippen LogP) is 5.47. The van der Waals surface area contributed by atoms with Gasteiger partial charge in [-0.2, -0.15) is 4.98 Å². The first-order valence-electron chi connectivity index (χ1n) is 8.30. The Balaban J connectivity index is 2.37. The van der Waals surface area contributed by atoms with E-state index in [2.05, 4.69) is 28.7 Å². The lowest BCUT2D eigenvalue weighted by Gasteiger charge is -2.28. The van der Waals surface area contributed by atoms with Gasteiger partial charge in [0.15, 0.2) is 0 Å². The van der Waals surface area contributed by atoms with Crippen molar-refractivity contribution < 1.29 is 4.39 Å². The number of fused-ring (bicyclic) bond motifs is 1. The van der Waals surface area contributed by atoms with Crippen LogP contribution in [0.3, 0.4) is 0 Å². The average Bonchev–Trinajstić information content (AvgIpc) is 3.02. The fraction of sp³-hybridized carbons (Fsp3) is 0.333. The van der Waals surface area contributed by atoms with Gasteiger partial charge in [0.1, 0.15) is 16.8 Å². The first kappa shape index (κ1) is 18.0. The summed E-state index contributed by atoms with van der Waals surface area (Å²) in [6, 6.07) is 4.61. The highest BCUT2D eigenvalue weighted by atomic mass is 35.5. The van der Waals surface area contributed by atoms with Crippen molar-refractivity contribution >= 4 is 34.8 Å². The van der Waals surface area contributed by atoms with Crippen LogP contribution in [0.1, 0.15) is 26.7 Å². The highest BCUT2D eigenvalue weighted by molar-refractivity contribution is 6.36. The number of halogens is 3. The van der Waals surface area contributed by atoms with E-state index in [0.29, 0.717) is 16.4 Å². The van der Waals surface area contributed by atoms with E-state index in [1.54, 1.807) is 18.3 Å². The lowest BCUT2D eigenvalue weighted by molar-refractivity contribution is 0.631. The van der Waals surface area contributed by atoms with Gasteiger partial charge in [-0.1, -0.05) is 43.1 Å². The van der Waals surface area contributed by atoms with Gasteiger partial charge in [0, 0.05) is 31.0 Å². The zero-order chi connectivity index (χ0) is 18.0. The molecular formula is C18H19Cl2FN4. The monoisotopic (exact) mass is 380 g/mol. The Labute approximate surface area is 156 Å². The lowest BCUT2D eigenvalue weighted by atomic mass is 10.1. The fourth-order valence-electron chi connectivity index (χ4n) is 3.03. The van der Waals surface area contributed by atoms with E-state index in [9.17, 15) is 4.39 Å². The topological polar surface area (TPSA) is 33.4 Å². The summed E-state index contributed by atoms with van der Waals surface area (Å²) < 4.78 is 16.5. The zero-order valence-corrected chi connectivity index (χ0v) is 15.6. The summed E-state index contributed by atoms with van der Waals surface area (Å²) in [6.07, 6.45) is 5.36. The molecule has 132 valence electrons. The highest BCUT2D eigenvalue weighted by Crippen LogP contribution is 2.41. The molecule has 0 saturated carbocycles. The number of nitrogens with zero attached hydrogens (tertiary/aromatic N) is 4. The number of aromatic nitrogens is 3. The first-order chi connectivity index (χ1) is 12.1. The summed E-state index contributed by atoms with van der Waals surface area (Å²) in [6.45, 7) is 5.82. The fourth-order valence-corrected chi connectivity index (χ4v) is 3.54. The van der Waals surface area contributed by atoms with Crippen LogP contribution in [-0.4, -0.2) is 27.5 Å². The number of imidazole rings is 1. The van der Waals surface area contributed by atoms with Crippen LogP contribution in [-0.2, 0) is 0 Å². The lowest BCUT2D eigenvalue weighted by Crippen LogP contribution is -2.28. The van der Waals surface area contributed by atoms with Gasteiger partial charge >= 0.3 is 0 Å². The molecule has 4 nitrogen and oxygen atoms in total. The number of hydrogen-bond donors (Lipinski definition) is 0. The largest absolute Gasteiger partial charge is 0.357 e. The summed E-state index contributed by atoms with van der Waals surface area (Å²) in [4.78, 5) is 10.7. The third-order valence-electron chi connectivity index (χ3n) is 3.98. The molecule has 1 aromatic carbocycles. The summed E-state index contributed by atoms with van der Waals surface area (Å²) in [7, 11) is 0. The molecule has 0 aliphatic carbocycles. The van der Waals surface area contributed by atoms with Crippen LogP contribution >= 0.6 is 23.2 Å². The van der Waals surface area contributed by atoms with Gasteiger partial charge in [-0.3, -0.25) is 4.40 Å². The van der Waals surface area contributed by atoms with Crippen molar-refractivity contribution in [2.75, 3.05) is 18.0 Å². The van der Waals surface area contributed by atoms with E-state index in [1.807, 2.05) is 10.6 Å². The van der Waals surface area contributed by atoms with Gasteiger partial charge in [0.05, 0.1) is 10.6 Å². The molecule has 0 spiro atoms. The quantitative estimate of drug-likeness (QED) is 0.531. The van der Waals surface area contributed by atoms with Gasteiger partial charge in [-0.15, -0.1) is 0 Å². The normalized spacial score (nSPS) is 11.2. The Morgan fingerprint density at radius 3 is 2.48 bits per heavy atom. The smallest absolute Gasteiger partial charge is 0.236 e. The molecule has 0 atom stereocenters. The van der Waals surface area contributed by atoms with Crippen LogP contribution in [0.15, 0.2) is 30.6 Å². The molecule has 25 heavy (non-hydrogen) atoms. The Bertz CT molecular complexity index is 868. The number of anilines is 1. The summed E-state index contributed by atoms with van der Waals surface area (Å²) in [5.41, 5.74) is 0.765. The molecule has 7 heteroatoms. The van der Waals surface area contributed by atoms with Gasteiger partial charge < -0.3 is 4.90 Å². The molecule has 0 fully saturated rings. The number of rotatable bonds is 6. The SMILES string of the molecule is CCCN(CCC)c1c(-c2c(F)cccc2Cl)c(Cl)nc2nccn12. The maximum absolute atomic E-state index is 14.6. The molecule has 2 aromatic heterocycles. The zero-order valence-electron chi connectivity index (χ0n) is 14.1. The molecule has 0 saturated heterocycles. The summed E-state index contributed by atoms with van der Waals surface area (Å²) in [5.74, 6) is 0.821. The second kappa shape index (κ2) is 7.58. The molecule has 0 unspecified atom stereocenters. The minimum absolute atomic E-state index is 0.193. The van der Waals surface area contributed by atoms with Crippen LogP contribution in [0.2, 0.25) is 10.2 Å². The standard InChI is InChI=1S/C18H19Cl2FN4/c1-3-9-24(10-4-2)17-15(14-12(19)6-5-7-13(14)21)16(20)23-18-22-8-11-25(17)18/h5-8,11H,3-4,9-10H2,1-2H3. The Morgan fingerprint density at radius 2 is 1.84 bits per heavy atom. The van der Waals surface area contributed by atoms with Gasteiger partial charge in [-0.25, -0.2) is 9.37 Å². The number of hydrogen-bond acceptors (Lipinski definition) is 3. The molecule has 0 radical (unpaired) electrons. The Kier molecular flexibility index (Phi) is 5.45. The summed E-state index contributed by atoms with van der Waals surface area (Å²) in [5, 5.41) is 0.496. The number of benzene rings is 1. The van der Waals surface area contributed by atoms with E-state index >= 15 is 0 Å². The Morgan fingerprint density at radius 1 is 1.12 bits per heavy atom. The molecule has 0 aliphatic rings. The van der Waals surface area contributed by atoms with Crippen LogP contribution in [0.5, 0.6) is 0 Å². The van der Waals surface area contributed by atoms with Gasteiger partial charge in [0.25, 0.3) is 0 Å². The maximum Gasteiger partial charge on any atom is 0.236 e. The van der Waals surface area contributed by atoms with Crippen LogP contribution in [0.25, 0.3) is 16.9 Å². The van der Waals surface area contributed by atoms with Crippen molar-refractivity contribution in [1.82, 2.24) is 14.4 Å². The molecule has 0 bridgehead atoms. The van der Waals surface area contributed by atoms with E-state index < -0.39 is 5.82 Å². The van der Waals surface area contributed by atoms with E-state index in [0.717, 1.165) is 31.7 Å². The third kappa shape index (κ3) is 3.31. The second-order valence-electron chi connectivity index (χ2n) is 5.78. The highest BCUT2D eigenvalue weighted by Gasteiger charge is 2.24. The minimum Gasteiger partial charge on any atom is -0.357 e. The van der Waals surface area contributed by atoms with Crippen LogP contribution < -0.4 is 4.90 Å². The van der Waals surface area contributed by atoms with Gasteiger partial charge in [-0.05, 0) is 25.0 Å². The van der Waals surface area contributed by atoms with E-state index in [-0.39, 0.29) is 10.7 Å². The van der Waals surface area contributed by atoms with Crippen molar-refractivity contribution in [3.63, 3.8) is 0 Å². The van der Waals surface area contributed by atoms with E-state index in [1.165, 1.54) is 6.07 Å². The molecule has 2 heterocycles. The third-order valence-corrected chi connectivity index (χ3v) is 4.57. The Hall–Kier alpha value is -1.85. The maximum atomic E-state index is 14.6. The predicted molar refractivity (Wildman–Crippen MR) is 101 cm³/mol. The average molecular weight is 381 g/mol.